The van der Waals surface area contributed by atoms with Crippen molar-refractivity contribution in [1.82, 2.24) is 9.88 Å². The first kappa shape index (κ1) is 15.8. The molecule has 4 heterocycles. The molecule has 0 saturated carbocycles. The van der Waals surface area contributed by atoms with Crippen LogP contribution in [0.15, 0.2) is 43.1 Å². The van der Waals surface area contributed by atoms with Gasteiger partial charge in [-0.05, 0) is 60.5 Å². The van der Waals surface area contributed by atoms with Gasteiger partial charge in [-0.25, -0.2) is 0 Å². The third kappa shape index (κ3) is 2.55. The van der Waals surface area contributed by atoms with Gasteiger partial charge in [0.2, 0.25) is 0 Å². The molecular weight excluding hydrogens is 300 g/mol. The Labute approximate surface area is 142 Å². The van der Waals surface area contributed by atoms with Gasteiger partial charge in [-0.1, -0.05) is 12.1 Å². The van der Waals surface area contributed by atoms with Crippen LogP contribution >= 0.6 is 0 Å². The Bertz CT molecular complexity index is 760. The average molecular weight is 324 g/mol. The fourth-order valence-corrected chi connectivity index (χ4v) is 4.48. The SMILES string of the molecule is C=CC1CN2CCC1C[C@@H]2[C@H](O)c1ccnc2ccc(CO)cc12. The van der Waals surface area contributed by atoms with Crippen molar-refractivity contribution in [2.24, 2.45) is 11.8 Å². The van der Waals surface area contributed by atoms with Gasteiger partial charge < -0.3 is 10.2 Å². The van der Waals surface area contributed by atoms with E-state index in [1.165, 1.54) is 6.42 Å². The summed E-state index contributed by atoms with van der Waals surface area (Å²) in [6, 6.07) is 7.82. The number of nitrogens with zero attached hydrogens (tertiary/aromatic N) is 2. The summed E-state index contributed by atoms with van der Waals surface area (Å²) in [5.41, 5.74) is 2.63. The third-order valence-electron chi connectivity index (χ3n) is 5.86. The standard InChI is InChI=1S/C20H24N2O2/c1-2-14-11-22-8-6-15(14)10-19(22)20(24)16-5-7-21-18-4-3-13(12-23)9-17(16)18/h2-5,7,9,14-15,19-20,23-24H,1,6,8,10-12H2/t14?,15?,19-,20-/m1/s1. The lowest BCUT2D eigenvalue weighted by atomic mass is 9.73. The zero-order valence-electron chi connectivity index (χ0n) is 13.8. The van der Waals surface area contributed by atoms with Gasteiger partial charge in [-0.3, -0.25) is 9.88 Å². The molecule has 4 nitrogen and oxygen atoms in total. The minimum Gasteiger partial charge on any atom is -0.392 e. The third-order valence-corrected chi connectivity index (χ3v) is 5.86. The zero-order valence-corrected chi connectivity index (χ0v) is 13.8. The Kier molecular flexibility index (Phi) is 4.12. The van der Waals surface area contributed by atoms with Crippen molar-refractivity contribution in [3.05, 3.63) is 54.2 Å². The lowest BCUT2D eigenvalue weighted by Crippen LogP contribution is -2.54. The maximum atomic E-state index is 11.1. The molecule has 24 heavy (non-hydrogen) atoms. The van der Waals surface area contributed by atoms with E-state index in [9.17, 15) is 10.2 Å². The summed E-state index contributed by atoms with van der Waals surface area (Å²) in [5, 5.41) is 21.5. The van der Waals surface area contributed by atoms with Gasteiger partial charge in [-0.15, -0.1) is 6.58 Å². The lowest BCUT2D eigenvalue weighted by Gasteiger charge is -2.50. The number of benzene rings is 1. The minimum atomic E-state index is -0.530. The molecule has 1 aromatic heterocycles. The van der Waals surface area contributed by atoms with Gasteiger partial charge in [-0.2, -0.15) is 0 Å². The monoisotopic (exact) mass is 324 g/mol. The smallest absolute Gasteiger partial charge is 0.0952 e. The van der Waals surface area contributed by atoms with Crippen LogP contribution in [-0.4, -0.2) is 39.2 Å². The van der Waals surface area contributed by atoms with Crippen molar-refractivity contribution in [1.29, 1.82) is 0 Å². The Morgan fingerprint density at radius 1 is 1.38 bits per heavy atom. The quantitative estimate of drug-likeness (QED) is 0.849. The van der Waals surface area contributed by atoms with Crippen molar-refractivity contribution in [3.8, 4) is 0 Å². The molecule has 5 atom stereocenters. The summed E-state index contributed by atoms with van der Waals surface area (Å²) in [5.74, 6) is 1.19. The summed E-state index contributed by atoms with van der Waals surface area (Å²) in [4.78, 5) is 6.81. The van der Waals surface area contributed by atoms with Crippen LogP contribution in [0.5, 0.6) is 0 Å². The van der Waals surface area contributed by atoms with E-state index in [1.54, 1.807) is 6.20 Å². The summed E-state index contributed by atoms with van der Waals surface area (Å²) < 4.78 is 0. The number of hydrogen-bond donors (Lipinski definition) is 2. The van der Waals surface area contributed by atoms with Gasteiger partial charge in [0.1, 0.15) is 0 Å². The van der Waals surface area contributed by atoms with Crippen LogP contribution < -0.4 is 0 Å². The number of aliphatic hydroxyl groups excluding tert-OH is 2. The first-order valence-corrected chi connectivity index (χ1v) is 8.74. The second kappa shape index (κ2) is 6.28. The second-order valence-corrected chi connectivity index (χ2v) is 7.10. The van der Waals surface area contributed by atoms with Crippen LogP contribution in [0.3, 0.4) is 0 Å². The van der Waals surface area contributed by atoms with Gasteiger partial charge >= 0.3 is 0 Å². The summed E-state index contributed by atoms with van der Waals surface area (Å²) >= 11 is 0. The average Bonchev–Trinajstić information content (AvgIpc) is 2.66. The molecule has 3 fully saturated rings. The molecule has 2 bridgehead atoms. The Morgan fingerprint density at radius 3 is 2.96 bits per heavy atom. The number of pyridine rings is 1. The van der Waals surface area contributed by atoms with E-state index in [0.29, 0.717) is 11.8 Å². The van der Waals surface area contributed by atoms with E-state index in [0.717, 1.165) is 41.5 Å². The zero-order chi connectivity index (χ0) is 16.7. The molecule has 0 spiro atoms. The largest absolute Gasteiger partial charge is 0.392 e. The molecule has 3 aliphatic heterocycles. The second-order valence-electron chi connectivity index (χ2n) is 7.10. The van der Waals surface area contributed by atoms with Crippen LogP contribution in [0.4, 0.5) is 0 Å². The highest BCUT2D eigenvalue weighted by atomic mass is 16.3. The minimum absolute atomic E-state index is 0.000980. The van der Waals surface area contributed by atoms with Crippen LogP contribution in [0, 0.1) is 11.8 Å². The normalized spacial score (nSPS) is 30.4. The number of hydrogen-bond acceptors (Lipinski definition) is 4. The topological polar surface area (TPSA) is 56.6 Å². The molecule has 0 radical (unpaired) electrons. The molecule has 3 aliphatic rings. The first-order valence-electron chi connectivity index (χ1n) is 8.74. The van der Waals surface area contributed by atoms with E-state index in [-0.39, 0.29) is 12.6 Å². The van der Waals surface area contributed by atoms with Gasteiger partial charge in [0, 0.05) is 24.2 Å². The number of aromatic nitrogens is 1. The molecule has 0 amide bonds. The van der Waals surface area contributed by atoms with E-state index in [4.69, 9.17) is 0 Å². The molecule has 1 aromatic carbocycles. The maximum Gasteiger partial charge on any atom is 0.0952 e. The fraction of sp³-hybridized carbons (Fsp3) is 0.450. The van der Waals surface area contributed by atoms with Crippen molar-refractivity contribution in [2.75, 3.05) is 13.1 Å². The van der Waals surface area contributed by atoms with Crippen LogP contribution in [-0.2, 0) is 6.61 Å². The van der Waals surface area contributed by atoms with E-state index < -0.39 is 6.10 Å². The highest BCUT2D eigenvalue weighted by Crippen LogP contribution is 2.42. The molecule has 3 unspecified atom stereocenters. The van der Waals surface area contributed by atoms with Crippen molar-refractivity contribution >= 4 is 10.9 Å². The van der Waals surface area contributed by atoms with Gasteiger partial charge in [0.15, 0.2) is 0 Å². The van der Waals surface area contributed by atoms with Crippen molar-refractivity contribution in [3.63, 3.8) is 0 Å². The number of fused-ring (bicyclic) bond motifs is 4. The predicted octanol–water partition coefficient (Wildman–Crippen LogP) is 2.66. The molecule has 2 aromatic rings. The molecule has 2 N–H and O–H groups in total. The number of rotatable bonds is 4. The van der Waals surface area contributed by atoms with E-state index in [1.807, 2.05) is 24.3 Å². The van der Waals surface area contributed by atoms with Crippen LogP contribution in [0.2, 0.25) is 0 Å². The molecule has 126 valence electrons. The molecule has 0 aliphatic carbocycles. The fourth-order valence-electron chi connectivity index (χ4n) is 4.48. The molecule has 4 heteroatoms. The Morgan fingerprint density at radius 2 is 2.25 bits per heavy atom. The summed E-state index contributed by atoms with van der Waals surface area (Å²) in [7, 11) is 0. The van der Waals surface area contributed by atoms with Crippen LogP contribution in [0.25, 0.3) is 10.9 Å². The predicted molar refractivity (Wildman–Crippen MR) is 94.4 cm³/mol. The first-order chi connectivity index (χ1) is 11.7. The van der Waals surface area contributed by atoms with Crippen LogP contribution in [0.1, 0.15) is 30.1 Å². The molecule has 5 rings (SSSR count). The Hall–Kier alpha value is -1.75. The highest BCUT2D eigenvalue weighted by Gasteiger charge is 2.42. The molecular formula is C20H24N2O2. The summed E-state index contributed by atoms with van der Waals surface area (Å²) in [6.45, 7) is 6.03. The number of aliphatic hydroxyl groups is 2. The Balaban J connectivity index is 1.69. The van der Waals surface area contributed by atoms with Crippen molar-refractivity contribution < 1.29 is 10.2 Å². The van der Waals surface area contributed by atoms with Gasteiger partial charge in [0.25, 0.3) is 0 Å². The maximum absolute atomic E-state index is 11.1. The lowest BCUT2D eigenvalue weighted by molar-refractivity contribution is -0.0444. The highest BCUT2D eigenvalue weighted by molar-refractivity contribution is 5.83. The van der Waals surface area contributed by atoms with E-state index >= 15 is 0 Å². The summed E-state index contributed by atoms with van der Waals surface area (Å²) in [6.07, 6.45) is 5.53. The van der Waals surface area contributed by atoms with E-state index in [2.05, 4.69) is 22.5 Å². The number of piperidine rings is 3. The van der Waals surface area contributed by atoms with Gasteiger partial charge in [0.05, 0.1) is 18.2 Å². The van der Waals surface area contributed by atoms with Crippen molar-refractivity contribution in [2.45, 2.75) is 31.6 Å². The molecule has 3 saturated heterocycles.